The summed E-state index contributed by atoms with van der Waals surface area (Å²) in [6, 6.07) is 14.7. The number of rotatable bonds is 1. The zero-order valence-corrected chi connectivity index (χ0v) is 15.0. The van der Waals surface area contributed by atoms with Crippen LogP contribution in [0.25, 0.3) is 10.8 Å². The number of hydrogen-bond acceptors (Lipinski definition) is 0. The molecule has 0 N–H and O–H groups in total. The van der Waals surface area contributed by atoms with E-state index < -0.39 is 0 Å². The van der Waals surface area contributed by atoms with E-state index in [1.54, 1.807) is 0 Å². The fraction of sp³-hybridized carbons (Fsp3) is 0.118. The van der Waals surface area contributed by atoms with Crippen LogP contribution in [0.4, 0.5) is 0 Å². The van der Waals surface area contributed by atoms with E-state index in [1.165, 1.54) is 10.8 Å². The van der Waals surface area contributed by atoms with Crippen molar-refractivity contribution in [3.8, 4) is 0 Å². The first kappa shape index (κ1) is 26.7. The number of fused-ring (bicyclic) bond motifs is 1. The molecule has 0 nitrogen and oxygen atoms in total. The van der Waals surface area contributed by atoms with Crippen molar-refractivity contribution in [1.29, 1.82) is 0 Å². The maximum atomic E-state index is 3.66. The molecule has 2 heteroatoms. The molecule has 2 rings (SSSR count). The van der Waals surface area contributed by atoms with Crippen molar-refractivity contribution in [3.05, 3.63) is 81.6 Å². The summed E-state index contributed by atoms with van der Waals surface area (Å²) in [5, 5.41) is 2.66. The normalized spacial score (nSPS) is 7.26. The van der Waals surface area contributed by atoms with Crippen molar-refractivity contribution < 1.29 is 21.7 Å². The predicted octanol–water partition coefficient (Wildman–Crippen LogP) is 5.21. The summed E-state index contributed by atoms with van der Waals surface area (Å²) in [5.41, 5.74) is 2.13. The fourth-order valence-corrected chi connectivity index (χ4v) is 1.07. The van der Waals surface area contributed by atoms with Gasteiger partial charge in [-0.05, 0) is 13.8 Å². The van der Waals surface area contributed by atoms with Crippen molar-refractivity contribution >= 4 is 21.7 Å². The van der Waals surface area contributed by atoms with Gasteiger partial charge >= 0.3 is 21.7 Å². The molecule has 5 radical (unpaired) electrons. The Bertz CT molecular complexity index is 427. The molecule has 0 aliphatic heterocycles. The van der Waals surface area contributed by atoms with E-state index in [-0.39, 0.29) is 47.5 Å². The summed E-state index contributed by atoms with van der Waals surface area (Å²) in [6.45, 7) is 11.2. The van der Waals surface area contributed by atoms with Crippen LogP contribution in [0, 0.1) is 14.9 Å². The molecule has 0 aromatic heterocycles. The molecule has 2 aromatic carbocycles. The van der Waals surface area contributed by atoms with E-state index in [0.717, 1.165) is 11.1 Å². The van der Waals surface area contributed by atoms with Gasteiger partial charge in [-0.15, -0.1) is 29.7 Å². The van der Waals surface area contributed by atoms with E-state index in [1.807, 2.05) is 13.8 Å². The summed E-state index contributed by atoms with van der Waals surface area (Å²) < 4.78 is 0. The van der Waals surface area contributed by atoms with Crippen LogP contribution in [0.1, 0.15) is 13.8 Å². The molecule has 2 aromatic rings. The van der Waals surface area contributed by atoms with Crippen LogP contribution in [-0.4, -0.2) is 11.0 Å². The molecule has 0 heterocycles. The van der Waals surface area contributed by atoms with Crippen molar-refractivity contribution in [3.63, 3.8) is 0 Å². The van der Waals surface area contributed by atoms with Gasteiger partial charge < -0.3 is 14.9 Å². The van der Waals surface area contributed by atoms with E-state index in [4.69, 9.17) is 0 Å². The molecular weight excluding hydrogens is 280 g/mol. The maximum absolute atomic E-state index is 3.66. The molecule has 0 fully saturated rings. The summed E-state index contributed by atoms with van der Waals surface area (Å²) >= 11 is 0. The van der Waals surface area contributed by atoms with Crippen LogP contribution >= 0.6 is 0 Å². The zero-order chi connectivity index (χ0) is 11.3. The molecule has 99 valence electrons. The van der Waals surface area contributed by atoms with Crippen LogP contribution in [0.3, 0.4) is 0 Å². The van der Waals surface area contributed by atoms with Gasteiger partial charge in [-0.25, -0.2) is 0 Å². The Balaban J connectivity index is -0.000000104. The van der Waals surface area contributed by atoms with Crippen LogP contribution < -0.4 is 0 Å². The van der Waals surface area contributed by atoms with Crippen LogP contribution in [-0.2, 0) is 21.7 Å². The maximum Gasteiger partial charge on any atom is 3.00 e. The molecule has 0 saturated carbocycles. The van der Waals surface area contributed by atoms with E-state index >= 15 is 0 Å². The Labute approximate surface area is 138 Å². The first-order chi connectivity index (χ1) is 7.11. The molecule has 0 bridgehead atoms. The Morgan fingerprint density at radius 2 is 1.42 bits per heavy atom. The molecule has 0 unspecified atom stereocenters. The first-order valence-corrected chi connectivity index (χ1v) is 5.03. The fourth-order valence-electron chi connectivity index (χ4n) is 1.07. The number of hydrogen-bond donors (Lipinski definition) is 0. The van der Waals surface area contributed by atoms with Gasteiger partial charge in [0, 0.05) is 11.0 Å². The molecule has 0 atom stereocenters. The Morgan fingerprint density at radius 3 is 1.84 bits per heavy atom. The zero-order valence-electron chi connectivity index (χ0n) is 12.5. The van der Waals surface area contributed by atoms with Crippen LogP contribution in [0.2, 0.25) is 0 Å². The minimum atomic E-state index is 0. The average Bonchev–Trinajstić information content (AvgIpc) is 2.66. The molecule has 0 aliphatic rings. The third kappa shape index (κ3) is 9.78. The minimum absolute atomic E-state index is 0. The van der Waals surface area contributed by atoms with Gasteiger partial charge in [0.05, 0.1) is 0 Å². The summed E-state index contributed by atoms with van der Waals surface area (Å²) in [6.07, 6.45) is 0. The van der Waals surface area contributed by atoms with Crippen molar-refractivity contribution in [1.82, 2.24) is 0 Å². The Hall–Kier alpha value is -0.759. The largest absolute Gasteiger partial charge is 3.00 e. The smallest absolute Gasteiger partial charge is 0.358 e. The first-order valence-electron chi connectivity index (χ1n) is 5.03. The van der Waals surface area contributed by atoms with Crippen LogP contribution in [0.5, 0.6) is 0 Å². The second-order valence-electron chi connectivity index (χ2n) is 3.72. The van der Waals surface area contributed by atoms with Gasteiger partial charge in [0.25, 0.3) is 0 Å². The predicted molar refractivity (Wildman–Crippen MR) is 87.8 cm³/mol. The van der Waals surface area contributed by atoms with Gasteiger partial charge in [-0.2, -0.15) is 17.5 Å². The average molecular weight is 303 g/mol. The van der Waals surface area contributed by atoms with Gasteiger partial charge in [0.15, 0.2) is 0 Å². The third-order valence-corrected chi connectivity index (χ3v) is 2.28. The van der Waals surface area contributed by atoms with Gasteiger partial charge in [0.1, 0.15) is 0 Å². The minimum Gasteiger partial charge on any atom is -0.358 e. The second-order valence-corrected chi connectivity index (χ2v) is 3.72. The molecule has 0 saturated heterocycles. The van der Waals surface area contributed by atoms with Gasteiger partial charge in [-0.1, -0.05) is 30.4 Å². The molecule has 19 heavy (non-hydrogen) atoms. The van der Waals surface area contributed by atoms with Gasteiger partial charge in [-0.3, -0.25) is 0 Å². The Morgan fingerprint density at radius 1 is 0.947 bits per heavy atom. The van der Waals surface area contributed by atoms with Crippen molar-refractivity contribution in [2.45, 2.75) is 13.8 Å². The second kappa shape index (κ2) is 13.7. The van der Waals surface area contributed by atoms with E-state index in [2.05, 4.69) is 55.6 Å². The monoisotopic (exact) mass is 303 g/mol. The third-order valence-electron chi connectivity index (χ3n) is 2.28. The number of benzene rings is 1. The molecular formula is C17H23SiTi. The summed E-state index contributed by atoms with van der Waals surface area (Å²) in [7, 11) is 0. The van der Waals surface area contributed by atoms with Gasteiger partial charge in [0.2, 0.25) is 0 Å². The molecule has 0 spiro atoms. The summed E-state index contributed by atoms with van der Waals surface area (Å²) in [4.78, 5) is 0. The van der Waals surface area contributed by atoms with E-state index in [0.29, 0.717) is 0 Å². The standard InChI is InChI=1S/C9H7.C6H10.2CH3.Si.Ti/c1-2-5-9-7-3-6-8(9)4-1;1-5(2)6(3)4;;;;/h1-7H;1,3H2,2,4H3;2*1H3;;/q-1;;2*-1;;+3. The topological polar surface area (TPSA) is 0 Å². The summed E-state index contributed by atoms with van der Waals surface area (Å²) in [5.74, 6) is 0. The van der Waals surface area contributed by atoms with E-state index in [9.17, 15) is 0 Å². The Kier molecular flexibility index (Phi) is 19.2. The SMILES string of the molecule is C=C(C)C(=C)C.[CH3-].[CH3-].[Si].[Ti+3].c1ccc2[cH-]ccc2c1. The number of allylic oxidation sites excluding steroid dienone is 2. The quantitative estimate of drug-likeness (QED) is 0.385. The van der Waals surface area contributed by atoms with Crippen molar-refractivity contribution in [2.24, 2.45) is 0 Å². The molecule has 0 amide bonds. The van der Waals surface area contributed by atoms with Crippen LogP contribution in [0.15, 0.2) is 66.8 Å². The van der Waals surface area contributed by atoms with Crippen molar-refractivity contribution in [2.75, 3.05) is 0 Å². The molecule has 0 aliphatic carbocycles.